The standard InChI is InChI=1S/C16H19NO3S/c1-11-8-15(21-12(11)2)10-17-6-7-20-14-5-3-4-13(9-14)16(18)19/h3-5,8-9,17H,6-7,10H2,1-2H3,(H,18,19). The first-order chi connectivity index (χ1) is 10.1. The molecule has 5 heteroatoms. The van der Waals surface area contributed by atoms with Gasteiger partial charge in [-0.05, 0) is 43.7 Å². The summed E-state index contributed by atoms with van der Waals surface area (Å²) in [5.41, 5.74) is 1.57. The molecule has 0 unspecified atom stereocenters. The number of carboxylic acids is 1. The molecule has 0 saturated carbocycles. The van der Waals surface area contributed by atoms with Crippen molar-refractivity contribution in [2.75, 3.05) is 13.2 Å². The van der Waals surface area contributed by atoms with Crippen molar-refractivity contribution in [1.82, 2.24) is 5.32 Å². The van der Waals surface area contributed by atoms with Crippen LogP contribution >= 0.6 is 11.3 Å². The lowest BCUT2D eigenvalue weighted by atomic mass is 10.2. The van der Waals surface area contributed by atoms with Gasteiger partial charge >= 0.3 is 5.97 Å². The summed E-state index contributed by atoms with van der Waals surface area (Å²) in [7, 11) is 0. The van der Waals surface area contributed by atoms with E-state index in [0.717, 1.165) is 6.54 Å². The normalized spacial score (nSPS) is 10.6. The molecule has 0 aliphatic carbocycles. The zero-order valence-corrected chi connectivity index (χ0v) is 13.0. The van der Waals surface area contributed by atoms with Crippen LogP contribution in [0, 0.1) is 13.8 Å². The molecular formula is C16H19NO3S. The zero-order valence-electron chi connectivity index (χ0n) is 12.2. The highest BCUT2D eigenvalue weighted by molar-refractivity contribution is 7.12. The molecular weight excluding hydrogens is 286 g/mol. The number of rotatable bonds is 7. The van der Waals surface area contributed by atoms with E-state index in [4.69, 9.17) is 9.84 Å². The third kappa shape index (κ3) is 4.58. The molecule has 1 aromatic carbocycles. The van der Waals surface area contributed by atoms with Crippen LogP contribution in [0.15, 0.2) is 30.3 Å². The minimum atomic E-state index is -0.943. The summed E-state index contributed by atoms with van der Waals surface area (Å²) in [4.78, 5) is 13.5. The minimum absolute atomic E-state index is 0.241. The quantitative estimate of drug-likeness (QED) is 0.771. The molecule has 2 rings (SSSR count). The molecule has 1 heterocycles. The lowest BCUT2D eigenvalue weighted by Gasteiger charge is -2.07. The Morgan fingerprint density at radius 2 is 2.14 bits per heavy atom. The molecule has 0 atom stereocenters. The van der Waals surface area contributed by atoms with Crippen LogP contribution in [0.2, 0.25) is 0 Å². The molecule has 21 heavy (non-hydrogen) atoms. The highest BCUT2D eigenvalue weighted by atomic mass is 32.1. The van der Waals surface area contributed by atoms with E-state index in [9.17, 15) is 4.79 Å². The second kappa shape index (κ2) is 7.24. The fourth-order valence-corrected chi connectivity index (χ4v) is 2.93. The molecule has 112 valence electrons. The summed E-state index contributed by atoms with van der Waals surface area (Å²) < 4.78 is 5.54. The Bertz CT molecular complexity index is 602. The van der Waals surface area contributed by atoms with Gasteiger partial charge in [0.15, 0.2) is 0 Å². The predicted molar refractivity (Wildman–Crippen MR) is 84.4 cm³/mol. The first kappa shape index (κ1) is 15.5. The molecule has 2 N–H and O–H groups in total. The minimum Gasteiger partial charge on any atom is -0.492 e. The molecule has 2 aromatic rings. The number of carbonyl (C=O) groups is 1. The van der Waals surface area contributed by atoms with Crippen molar-refractivity contribution < 1.29 is 14.6 Å². The average Bonchev–Trinajstić information content (AvgIpc) is 2.77. The third-order valence-electron chi connectivity index (χ3n) is 3.14. The molecule has 0 saturated heterocycles. The van der Waals surface area contributed by atoms with Crippen molar-refractivity contribution in [3.63, 3.8) is 0 Å². The smallest absolute Gasteiger partial charge is 0.335 e. The second-order valence-corrected chi connectivity index (χ2v) is 6.15. The van der Waals surface area contributed by atoms with Crippen LogP contribution in [0.1, 0.15) is 25.7 Å². The molecule has 4 nitrogen and oxygen atoms in total. The number of hydrogen-bond acceptors (Lipinski definition) is 4. The monoisotopic (exact) mass is 305 g/mol. The van der Waals surface area contributed by atoms with Crippen LogP contribution in [-0.2, 0) is 6.54 Å². The number of ether oxygens (including phenoxy) is 1. The molecule has 0 aliphatic heterocycles. The Hall–Kier alpha value is -1.85. The lowest BCUT2D eigenvalue weighted by Crippen LogP contribution is -2.20. The number of aryl methyl sites for hydroxylation is 2. The van der Waals surface area contributed by atoms with E-state index < -0.39 is 5.97 Å². The van der Waals surface area contributed by atoms with Gasteiger partial charge in [-0.1, -0.05) is 6.07 Å². The molecule has 0 aliphatic rings. The van der Waals surface area contributed by atoms with Gasteiger partial charge in [0.25, 0.3) is 0 Å². The number of carboxylic acid groups (broad SMARTS) is 1. The van der Waals surface area contributed by atoms with Crippen LogP contribution in [0.5, 0.6) is 5.75 Å². The van der Waals surface area contributed by atoms with Gasteiger partial charge in [0.05, 0.1) is 5.56 Å². The number of thiophene rings is 1. The Labute approximate surface area is 128 Å². The van der Waals surface area contributed by atoms with Crippen LogP contribution < -0.4 is 10.1 Å². The van der Waals surface area contributed by atoms with Gasteiger partial charge < -0.3 is 15.2 Å². The van der Waals surface area contributed by atoms with Gasteiger partial charge in [-0.25, -0.2) is 4.79 Å². The van der Waals surface area contributed by atoms with Gasteiger partial charge in [-0.2, -0.15) is 0 Å². The summed E-state index contributed by atoms with van der Waals surface area (Å²) in [6, 6.07) is 8.73. The Morgan fingerprint density at radius 3 is 2.81 bits per heavy atom. The number of nitrogens with one attached hydrogen (secondary N) is 1. The Morgan fingerprint density at radius 1 is 1.33 bits per heavy atom. The third-order valence-corrected chi connectivity index (χ3v) is 4.30. The largest absolute Gasteiger partial charge is 0.492 e. The first-order valence-electron chi connectivity index (χ1n) is 6.79. The summed E-state index contributed by atoms with van der Waals surface area (Å²) in [6.07, 6.45) is 0. The van der Waals surface area contributed by atoms with Crippen molar-refractivity contribution in [3.05, 3.63) is 51.2 Å². The highest BCUT2D eigenvalue weighted by Gasteiger charge is 2.04. The number of aromatic carboxylic acids is 1. The fourth-order valence-electron chi connectivity index (χ4n) is 1.91. The molecule has 0 fully saturated rings. The maximum absolute atomic E-state index is 10.8. The lowest BCUT2D eigenvalue weighted by molar-refractivity contribution is 0.0696. The van der Waals surface area contributed by atoms with Crippen molar-refractivity contribution in [2.45, 2.75) is 20.4 Å². The van der Waals surface area contributed by atoms with E-state index in [1.165, 1.54) is 21.4 Å². The Kier molecular flexibility index (Phi) is 5.36. The van der Waals surface area contributed by atoms with Crippen LogP contribution in [-0.4, -0.2) is 24.2 Å². The predicted octanol–water partition coefficient (Wildman–Crippen LogP) is 3.23. The molecule has 0 bridgehead atoms. The molecule has 0 spiro atoms. The van der Waals surface area contributed by atoms with E-state index in [-0.39, 0.29) is 5.56 Å². The first-order valence-corrected chi connectivity index (χ1v) is 7.60. The van der Waals surface area contributed by atoms with Crippen molar-refractivity contribution in [3.8, 4) is 5.75 Å². The SMILES string of the molecule is Cc1cc(CNCCOc2cccc(C(=O)O)c2)sc1C. The van der Waals surface area contributed by atoms with E-state index in [2.05, 4.69) is 25.2 Å². The van der Waals surface area contributed by atoms with E-state index in [1.54, 1.807) is 29.5 Å². The maximum Gasteiger partial charge on any atom is 0.335 e. The van der Waals surface area contributed by atoms with Crippen LogP contribution in [0.4, 0.5) is 0 Å². The Balaban J connectivity index is 1.72. The average molecular weight is 305 g/mol. The van der Waals surface area contributed by atoms with E-state index in [1.807, 2.05) is 0 Å². The van der Waals surface area contributed by atoms with E-state index >= 15 is 0 Å². The summed E-state index contributed by atoms with van der Waals surface area (Å²) >= 11 is 1.81. The molecule has 0 radical (unpaired) electrons. The second-order valence-electron chi connectivity index (χ2n) is 4.81. The summed E-state index contributed by atoms with van der Waals surface area (Å²) in [5.74, 6) is -0.360. The van der Waals surface area contributed by atoms with E-state index in [0.29, 0.717) is 18.9 Å². The van der Waals surface area contributed by atoms with Gasteiger partial charge in [0, 0.05) is 22.8 Å². The van der Waals surface area contributed by atoms with Gasteiger partial charge in [0.2, 0.25) is 0 Å². The van der Waals surface area contributed by atoms with Crippen molar-refractivity contribution in [2.24, 2.45) is 0 Å². The zero-order chi connectivity index (χ0) is 15.2. The number of benzene rings is 1. The van der Waals surface area contributed by atoms with Crippen LogP contribution in [0.25, 0.3) is 0 Å². The highest BCUT2D eigenvalue weighted by Crippen LogP contribution is 2.20. The topological polar surface area (TPSA) is 58.6 Å². The van der Waals surface area contributed by atoms with Gasteiger partial charge in [0.1, 0.15) is 12.4 Å². The van der Waals surface area contributed by atoms with Crippen molar-refractivity contribution >= 4 is 17.3 Å². The fraction of sp³-hybridized carbons (Fsp3) is 0.312. The van der Waals surface area contributed by atoms with Gasteiger partial charge in [-0.15, -0.1) is 11.3 Å². The molecule has 1 aromatic heterocycles. The summed E-state index contributed by atoms with van der Waals surface area (Å²) in [5, 5.41) is 12.2. The van der Waals surface area contributed by atoms with Gasteiger partial charge in [-0.3, -0.25) is 0 Å². The molecule has 0 amide bonds. The maximum atomic E-state index is 10.8. The summed E-state index contributed by atoms with van der Waals surface area (Å²) in [6.45, 7) is 6.30. The number of hydrogen-bond donors (Lipinski definition) is 2. The van der Waals surface area contributed by atoms with Crippen molar-refractivity contribution in [1.29, 1.82) is 0 Å². The van der Waals surface area contributed by atoms with Crippen LogP contribution in [0.3, 0.4) is 0 Å².